The van der Waals surface area contributed by atoms with Crippen LogP contribution in [0.3, 0.4) is 0 Å². The molecule has 0 aliphatic carbocycles. The molecular weight excluding hydrogens is 212 g/mol. The van der Waals surface area contributed by atoms with Crippen LogP contribution in [0, 0.1) is 5.92 Å². The second-order valence-corrected chi connectivity index (χ2v) is 6.26. The van der Waals surface area contributed by atoms with E-state index < -0.39 is 10.8 Å². The Balaban J connectivity index is 2.20. The quantitative estimate of drug-likeness (QED) is 0.729. The van der Waals surface area contributed by atoms with E-state index in [0.29, 0.717) is 11.7 Å². The van der Waals surface area contributed by atoms with Crippen molar-refractivity contribution in [2.75, 3.05) is 19.0 Å². The minimum atomic E-state index is -0.757. The lowest BCUT2D eigenvalue weighted by atomic mass is 10.2. The van der Waals surface area contributed by atoms with E-state index in [2.05, 4.69) is 13.8 Å². The molecule has 4 heteroatoms. The summed E-state index contributed by atoms with van der Waals surface area (Å²) in [6, 6.07) is 0. The van der Waals surface area contributed by atoms with Gasteiger partial charge in [-0.3, -0.25) is 4.21 Å². The third-order valence-electron chi connectivity index (χ3n) is 2.80. The maximum Gasteiger partial charge on any atom is 0.158 e. The molecule has 0 aromatic heterocycles. The van der Waals surface area contributed by atoms with E-state index in [1.54, 1.807) is 0 Å². The van der Waals surface area contributed by atoms with E-state index in [4.69, 9.17) is 9.47 Å². The molecule has 0 spiro atoms. The normalized spacial score (nSPS) is 22.9. The molecule has 1 aliphatic heterocycles. The first kappa shape index (κ1) is 13.1. The van der Waals surface area contributed by atoms with Gasteiger partial charge in [-0.1, -0.05) is 20.8 Å². The van der Waals surface area contributed by atoms with Crippen molar-refractivity contribution in [3.63, 3.8) is 0 Å². The van der Waals surface area contributed by atoms with Crippen molar-refractivity contribution in [1.82, 2.24) is 0 Å². The Morgan fingerprint density at radius 1 is 1.27 bits per heavy atom. The summed E-state index contributed by atoms with van der Waals surface area (Å²) < 4.78 is 22.7. The molecule has 0 radical (unpaired) electrons. The fourth-order valence-electron chi connectivity index (χ4n) is 1.41. The highest BCUT2D eigenvalue weighted by Gasteiger charge is 2.19. The van der Waals surface area contributed by atoms with Crippen LogP contribution in [0.15, 0.2) is 0 Å². The Bertz CT molecular complexity index is 200. The van der Waals surface area contributed by atoms with Gasteiger partial charge in [0.25, 0.3) is 0 Å². The Morgan fingerprint density at radius 3 is 2.40 bits per heavy atom. The van der Waals surface area contributed by atoms with E-state index in [1.807, 2.05) is 6.92 Å². The molecule has 3 nitrogen and oxygen atoms in total. The highest BCUT2D eigenvalue weighted by Crippen LogP contribution is 2.13. The van der Waals surface area contributed by atoms with Gasteiger partial charge in [0.2, 0.25) is 0 Å². The van der Waals surface area contributed by atoms with Gasteiger partial charge in [-0.05, 0) is 12.3 Å². The zero-order valence-corrected chi connectivity index (χ0v) is 10.7. The third kappa shape index (κ3) is 4.62. The molecule has 2 unspecified atom stereocenters. The predicted molar refractivity (Wildman–Crippen MR) is 62.2 cm³/mol. The van der Waals surface area contributed by atoms with E-state index in [1.165, 1.54) is 0 Å². The molecule has 0 aromatic rings. The maximum absolute atomic E-state index is 11.8. The highest BCUT2D eigenvalue weighted by molar-refractivity contribution is 7.85. The first-order valence-electron chi connectivity index (χ1n) is 5.71. The van der Waals surface area contributed by atoms with Gasteiger partial charge in [-0.25, -0.2) is 0 Å². The zero-order chi connectivity index (χ0) is 11.3. The van der Waals surface area contributed by atoms with Gasteiger partial charge in [0.1, 0.15) is 0 Å². The lowest BCUT2D eigenvalue weighted by Gasteiger charge is -2.23. The second-order valence-electron chi connectivity index (χ2n) is 4.35. The molecule has 1 aliphatic rings. The first-order chi connectivity index (χ1) is 7.11. The van der Waals surface area contributed by atoms with Crippen LogP contribution < -0.4 is 0 Å². The van der Waals surface area contributed by atoms with Gasteiger partial charge >= 0.3 is 0 Å². The number of ether oxygens (including phenoxy) is 2. The number of rotatable bonds is 5. The maximum atomic E-state index is 11.8. The van der Waals surface area contributed by atoms with Gasteiger partial charge < -0.3 is 9.47 Å². The molecule has 0 saturated carbocycles. The van der Waals surface area contributed by atoms with Gasteiger partial charge in [0, 0.05) is 28.2 Å². The molecule has 1 heterocycles. The van der Waals surface area contributed by atoms with Crippen molar-refractivity contribution in [3.8, 4) is 0 Å². The molecule has 0 N–H and O–H groups in total. The van der Waals surface area contributed by atoms with E-state index in [-0.39, 0.29) is 11.5 Å². The summed E-state index contributed by atoms with van der Waals surface area (Å²) in [5.74, 6) is 1.16. The Labute approximate surface area is 95.0 Å². The van der Waals surface area contributed by atoms with E-state index >= 15 is 0 Å². The summed E-state index contributed by atoms with van der Waals surface area (Å²) in [6.07, 6.45) is 1.60. The SMILES string of the molecule is CC(C)C(C)S(=O)CCC1OCCCO1. The molecular formula is C11H22O3S. The lowest BCUT2D eigenvalue weighted by Crippen LogP contribution is -2.28. The van der Waals surface area contributed by atoms with Crippen molar-refractivity contribution in [3.05, 3.63) is 0 Å². The van der Waals surface area contributed by atoms with Crippen LogP contribution in [0.4, 0.5) is 0 Å². The van der Waals surface area contributed by atoms with E-state index in [0.717, 1.165) is 26.1 Å². The largest absolute Gasteiger partial charge is 0.353 e. The summed E-state index contributed by atoms with van der Waals surface area (Å²) in [5.41, 5.74) is 0. The Kier molecular flexibility index (Phi) is 5.79. The Hall–Kier alpha value is 0.0700. The van der Waals surface area contributed by atoms with Gasteiger partial charge in [-0.15, -0.1) is 0 Å². The fraction of sp³-hybridized carbons (Fsp3) is 1.00. The van der Waals surface area contributed by atoms with Crippen LogP contribution in [0.25, 0.3) is 0 Å². The summed E-state index contributed by atoms with van der Waals surface area (Å²) in [6.45, 7) is 7.81. The summed E-state index contributed by atoms with van der Waals surface area (Å²) in [5, 5.41) is 0.258. The van der Waals surface area contributed by atoms with Crippen LogP contribution in [0.1, 0.15) is 33.6 Å². The standard InChI is InChI=1S/C11H22O3S/c1-9(2)10(3)15(12)8-5-11-13-6-4-7-14-11/h9-11H,4-8H2,1-3H3. The lowest BCUT2D eigenvalue weighted by molar-refractivity contribution is -0.178. The zero-order valence-electron chi connectivity index (χ0n) is 9.90. The summed E-state index contributed by atoms with van der Waals surface area (Å²) in [4.78, 5) is 0. The van der Waals surface area contributed by atoms with Crippen molar-refractivity contribution >= 4 is 10.8 Å². The highest BCUT2D eigenvalue weighted by atomic mass is 32.2. The molecule has 0 aromatic carbocycles. The molecule has 1 saturated heterocycles. The monoisotopic (exact) mass is 234 g/mol. The molecule has 0 amide bonds. The van der Waals surface area contributed by atoms with Gasteiger partial charge in [0.15, 0.2) is 6.29 Å². The summed E-state index contributed by atoms with van der Waals surface area (Å²) in [7, 11) is -0.757. The first-order valence-corrected chi connectivity index (χ1v) is 7.10. The Morgan fingerprint density at radius 2 is 1.87 bits per heavy atom. The second kappa shape index (κ2) is 6.61. The topological polar surface area (TPSA) is 35.5 Å². The predicted octanol–water partition coefficient (Wildman–Crippen LogP) is 1.93. The van der Waals surface area contributed by atoms with Gasteiger partial charge in [-0.2, -0.15) is 0 Å². The van der Waals surface area contributed by atoms with Crippen molar-refractivity contribution in [1.29, 1.82) is 0 Å². The van der Waals surface area contributed by atoms with Crippen molar-refractivity contribution in [2.45, 2.75) is 45.2 Å². The average molecular weight is 234 g/mol. The molecule has 1 rings (SSSR count). The molecule has 2 atom stereocenters. The van der Waals surface area contributed by atoms with Crippen LogP contribution in [-0.2, 0) is 20.3 Å². The van der Waals surface area contributed by atoms with E-state index in [9.17, 15) is 4.21 Å². The van der Waals surface area contributed by atoms with Crippen LogP contribution in [-0.4, -0.2) is 34.7 Å². The smallest absolute Gasteiger partial charge is 0.158 e. The van der Waals surface area contributed by atoms with Crippen molar-refractivity contribution < 1.29 is 13.7 Å². The minimum Gasteiger partial charge on any atom is -0.353 e. The minimum absolute atomic E-state index is 0.123. The molecule has 0 bridgehead atoms. The van der Waals surface area contributed by atoms with Crippen LogP contribution in [0.5, 0.6) is 0 Å². The molecule has 15 heavy (non-hydrogen) atoms. The molecule has 90 valence electrons. The van der Waals surface area contributed by atoms with Gasteiger partial charge in [0.05, 0.1) is 13.2 Å². The number of hydrogen-bond donors (Lipinski definition) is 0. The molecule has 1 fully saturated rings. The third-order valence-corrected chi connectivity index (χ3v) is 4.82. The average Bonchev–Trinajstić information content (AvgIpc) is 2.26. The number of hydrogen-bond acceptors (Lipinski definition) is 3. The fourth-order valence-corrected chi connectivity index (χ4v) is 2.81. The van der Waals surface area contributed by atoms with Crippen molar-refractivity contribution in [2.24, 2.45) is 5.92 Å². The summed E-state index contributed by atoms with van der Waals surface area (Å²) >= 11 is 0. The van der Waals surface area contributed by atoms with Crippen LogP contribution >= 0.6 is 0 Å². The van der Waals surface area contributed by atoms with Crippen LogP contribution in [0.2, 0.25) is 0 Å².